The fraction of sp³-hybridized carbons (Fsp3) is 0.547. The van der Waals surface area contributed by atoms with Gasteiger partial charge in [-0.05, 0) is 114 Å². The van der Waals surface area contributed by atoms with Gasteiger partial charge in [0.15, 0.2) is 0 Å². The van der Waals surface area contributed by atoms with Crippen molar-refractivity contribution in [1.82, 2.24) is 0 Å². The van der Waals surface area contributed by atoms with Gasteiger partial charge in [0.1, 0.15) is 63.9 Å². The molecule has 0 amide bonds. The average molecular weight is 1220 g/mol. The molecule has 0 radical (unpaired) electrons. The zero-order valence-corrected chi connectivity index (χ0v) is 46.9. The number of rotatable bonds is 16. The summed E-state index contributed by atoms with van der Waals surface area (Å²) in [6.45, 7) is 9.10. The Hall–Kier alpha value is -2.22. The zero-order chi connectivity index (χ0) is 47.2. The first-order valence-electron chi connectivity index (χ1n) is 24.3. The van der Waals surface area contributed by atoms with Gasteiger partial charge >= 0.3 is 0 Å². The van der Waals surface area contributed by atoms with Crippen LogP contribution in [0.3, 0.4) is 0 Å². The highest BCUT2D eigenvalue weighted by Gasteiger charge is 2.40. The van der Waals surface area contributed by atoms with E-state index in [1.807, 2.05) is 0 Å². The molecule has 4 aliphatic heterocycles. The van der Waals surface area contributed by atoms with Crippen LogP contribution in [0.15, 0.2) is 42.2 Å². The van der Waals surface area contributed by atoms with E-state index in [2.05, 4.69) is 116 Å². The van der Waals surface area contributed by atoms with Crippen molar-refractivity contribution < 1.29 is 37.9 Å². The summed E-state index contributed by atoms with van der Waals surface area (Å²) >= 11 is 26.0. The predicted molar refractivity (Wildman–Crippen MR) is 282 cm³/mol. The Morgan fingerprint density at radius 3 is 0.657 bits per heavy atom. The molecule has 67 heavy (non-hydrogen) atoms. The summed E-state index contributed by atoms with van der Waals surface area (Å²) in [7, 11) is 0. The summed E-state index contributed by atoms with van der Waals surface area (Å²) in [5, 5.41) is 0.194. The quantitative estimate of drug-likeness (QED) is 0.0812. The minimum Gasteiger partial charge on any atom is -0.456 e. The molecule has 5 aliphatic rings. The Morgan fingerprint density at radius 2 is 0.507 bits per heavy atom. The van der Waals surface area contributed by atoms with Crippen molar-refractivity contribution in [3.63, 3.8) is 0 Å². The molecule has 0 aromatic heterocycles. The molecule has 14 heteroatoms. The maximum absolute atomic E-state index is 6.72. The monoisotopic (exact) mass is 1210 g/mol. The summed E-state index contributed by atoms with van der Waals surface area (Å²) in [5.74, 6) is 5.77. The third kappa shape index (κ3) is 10.3. The fourth-order valence-electron chi connectivity index (χ4n) is 10.8. The van der Waals surface area contributed by atoms with Crippen molar-refractivity contribution in [2.24, 2.45) is 0 Å². The summed E-state index contributed by atoms with van der Waals surface area (Å²) < 4.78 is 56.9. The molecule has 4 aromatic carbocycles. The molecule has 9 rings (SSSR count). The lowest BCUT2D eigenvalue weighted by Crippen LogP contribution is -2.23. The lowest BCUT2D eigenvalue weighted by Gasteiger charge is -2.36. The SMILES string of the molecule is CCCCCC1c2cc3c4c(Br)c2OCOc2c1cc1c(c2Br)OCOc2c(cc5c(c2Br)OCOc2c(cc(c(c2Br)OCO4)C3CCCCC)C5CCCCC)C1CCCCC.ClCCl. The van der Waals surface area contributed by atoms with E-state index in [1.54, 1.807) is 0 Å². The van der Waals surface area contributed by atoms with E-state index in [1.165, 1.54) is 0 Å². The standard InChI is InChI=1S/C52H60Br4O8.CH2Cl2/c1-5-9-13-17-29-33-21-35-30(18-14-10-6-2)37-23-39-32(20-16-12-8-4)40-24-38-31(19-15-11-7-3)36-22-34(29)46-42(54)48(36)60-27-62-50(38)44(56)52(40)64-28-63-51(39)43(55)49(37)61-26-59-47(35)41(53)45(33)57-25-58-46;2-1-3/h21-24,29-32H,5-20,25-28H2,1-4H3;1H2. The number of hydrogen-bond donors (Lipinski definition) is 0. The van der Waals surface area contributed by atoms with E-state index < -0.39 is 0 Å². The Balaban J connectivity index is 0.00000198. The van der Waals surface area contributed by atoms with Crippen LogP contribution in [0, 0.1) is 0 Å². The number of halogens is 6. The molecule has 364 valence electrons. The molecule has 0 N–H and O–H groups in total. The first-order valence-corrected chi connectivity index (χ1v) is 28.6. The molecular weight excluding hydrogens is 1160 g/mol. The largest absolute Gasteiger partial charge is 0.456 e. The summed E-state index contributed by atoms with van der Waals surface area (Å²) in [6.07, 6.45) is 16.7. The Bertz CT molecular complexity index is 1950. The molecule has 0 saturated heterocycles. The van der Waals surface area contributed by atoms with Crippen LogP contribution in [0.2, 0.25) is 0 Å². The van der Waals surface area contributed by atoms with E-state index in [0.717, 1.165) is 211 Å². The Kier molecular flexibility index (Phi) is 18.2. The number of unbranched alkanes of at least 4 members (excludes halogenated alkanes) is 8. The minimum absolute atomic E-state index is 0.00651. The van der Waals surface area contributed by atoms with Crippen molar-refractivity contribution >= 4 is 86.9 Å². The van der Waals surface area contributed by atoms with Gasteiger partial charge in [0.2, 0.25) is 27.2 Å². The molecule has 0 unspecified atom stereocenters. The molecule has 1 aliphatic carbocycles. The van der Waals surface area contributed by atoms with Crippen LogP contribution in [0.4, 0.5) is 0 Å². The van der Waals surface area contributed by atoms with Crippen molar-refractivity contribution in [2.75, 3.05) is 32.5 Å². The second kappa shape index (κ2) is 23.8. The smallest absolute Gasteiger partial charge is 0.231 e. The van der Waals surface area contributed by atoms with Crippen LogP contribution in [0.1, 0.15) is 199 Å². The number of benzene rings is 4. The highest BCUT2D eigenvalue weighted by Crippen LogP contribution is 2.60. The van der Waals surface area contributed by atoms with E-state index in [9.17, 15) is 0 Å². The van der Waals surface area contributed by atoms with Crippen LogP contribution in [-0.2, 0) is 0 Å². The molecule has 8 nitrogen and oxygen atoms in total. The van der Waals surface area contributed by atoms with Crippen LogP contribution in [0.5, 0.6) is 46.0 Å². The zero-order valence-electron chi connectivity index (χ0n) is 39.0. The highest BCUT2D eigenvalue weighted by molar-refractivity contribution is 9.11. The third-order valence-electron chi connectivity index (χ3n) is 14.0. The van der Waals surface area contributed by atoms with Crippen molar-refractivity contribution in [3.8, 4) is 46.0 Å². The van der Waals surface area contributed by atoms with E-state index in [0.29, 0.717) is 0 Å². The molecule has 8 bridgehead atoms. The Labute approximate surface area is 440 Å². The topological polar surface area (TPSA) is 73.8 Å². The van der Waals surface area contributed by atoms with E-state index in [4.69, 9.17) is 61.1 Å². The molecular formula is C53H62Br4Cl2O8. The lowest BCUT2D eigenvalue weighted by molar-refractivity contribution is 0.0954. The van der Waals surface area contributed by atoms with Gasteiger partial charge in [-0.2, -0.15) is 0 Å². The number of alkyl halides is 2. The molecule has 0 atom stereocenters. The average Bonchev–Trinajstić information content (AvgIpc) is 3.29. The van der Waals surface area contributed by atoms with Crippen molar-refractivity contribution in [1.29, 1.82) is 0 Å². The van der Waals surface area contributed by atoms with Gasteiger partial charge < -0.3 is 37.9 Å². The second-order valence-electron chi connectivity index (χ2n) is 18.0. The molecule has 4 aromatic rings. The van der Waals surface area contributed by atoms with Crippen molar-refractivity contribution in [2.45, 2.75) is 154 Å². The Morgan fingerprint density at radius 1 is 0.343 bits per heavy atom. The third-order valence-corrected chi connectivity index (χ3v) is 16.8. The predicted octanol–water partition coefficient (Wildman–Crippen LogP) is 18.2. The first-order chi connectivity index (χ1) is 32.7. The van der Waals surface area contributed by atoms with Gasteiger partial charge in [-0.1, -0.05) is 105 Å². The number of ether oxygens (including phenoxy) is 8. The van der Waals surface area contributed by atoms with Gasteiger partial charge in [0.25, 0.3) is 0 Å². The fourth-order valence-corrected chi connectivity index (χ4v) is 13.5. The first kappa shape index (κ1) is 51.1. The summed E-state index contributed by atoms with van der Waals surface area (Å²) in [6, 6.07) is 9.65. The maximum Gasteiger partial charge on any atom is 0.231 e. The normalized spacial score (nSPS) is 19.1. The van der Waals surface area contributed by atoms with Gasteiger partial charge in [-0.3, -0.25) is 0 Å². The van der Waals surface area contributed by atoms with Crippen LogP contribution in [0.25, 0.3) is 0 Å². The molecule has 0 saturated carbocycles. The summed E-state index contributed by atoms with van der Waals surface area (Å²) in [5.41, 5.74) is 9.06. The molecule has 0 fully saturated rings. The van der Waals surface area contributed by atoms with Crippen LogP contribution < -0.4 is 37.9 Å². The van der Waals surface area contributed by atoms with Crippen molar-refractivity contribution in [3.05, 3.63) is 86.7 Å². The van der Waals surface area contributed by atoms with Gasteiger partial charge in [0, 0.05) is 68.2 Å². The minimum atomic E-state index is -0.0625. The number of hydrogen-bond acceptors (Lipinski definition) is 8. The lowest BCUT2D eigenvalue weighted by atomic mass is 9.76. The second-order valence-corrected chi connectivity index (χ2v) is 22.0. The van der Waals surface area contributed by atoms with Gasteiger partial charge in [0.05, 0.1) is 5.34 Å². The van der Waals surface area contributed by atoms with E-state index in [-0.39, 0.29) is 56.2 Å². The van der Waals surface area contributed by atoms with Gasteiger partial charge in [-0.15, -0.1) is 23.2 Å². The highest BCUT2D eigenvalue weighted by atomic mass is 79.9. The van der Waals surface area contributed by atoms with E-state index >= 15 is 0 Å². The summed E-state index contributed by atoms with van der Waals surface area (Å²) in [4.78, 5) is 0. The van der Waals surface area contributed by atoms with Crippen LogP contribution in [-0.4, -0.2) is 32.5 Å². The van der Waals surface area contributed by atoms with Crippen LogP contribution >= 0.6 is 86.9 Å². The maximum atomic E-state index is 6.72. The molecule has 0 spiro atoms. The van der Waals surface area contributed by atoms with Gasteiger partial charge in [-0.25, -0.2) is 0 Å². The molecule has 4 heterocycles.